The van der Waals surface area contributed by atoms with E-state index in [-0.39, 0.29) is 24.6 Å². The van der Waals surface area contributed by atoms with Gasteiger partial charge in [-0.2, -0.15) is 23.3 Å². The topological polar surface area (TPSA) is 69.2 Å². The minimum absolute atomic E-state index is 0.000741. The summed E-state index contributed by atoms with van der Waals surface area (Å²) >= 11 is 0. The minimum atomic E-state index is -4.51. The zero-order chi connectivity index (χ0) is 15.9. The Labute approximate surface area is 123 Å². The van der Waals surface area contributed by atoms with Crippen molar-refractivity contribution in [2.45, 2.75) is 25.7 Å². The molecule has 2 aromatic heterocycles. The normalized spacial score (nSPS) is 15.0. The number of anilines is 1. The first-order chi connectivity index (χ1) is 10.4. The van der Waals surface area contributed by atoms with Crippen LogP contribution in [-0.4, -0.2) is 40.6 Å². The maximum absolute atomic E-state index is 13.0. The molecule has 3 rings (SSSR count). The molecule has 0 aromatic carbocycles. The van der Waals surface area contributed by atoms with E-state index < -0.39 is 11.9 Å². The van der Waals surface area contributed by atoms with E-state index >= 15 is 0 Å². The van der Waals surface area contributed by atoms with Gasteiger partial charge in [-0.3, -0.25) is 4.68 Å². The predicted molar refractivity (Wildman–Crippen MR) is 68.3 cm³/mol. The van der Waals surface area contributed by atoms with Gasteiger partial charge in [0.05, 0.1) is 13.2 Å². The first-order valence-electron chi connectivity index (χ1n) is 6.59. The number of halogens is 3. The van der Waals surface area contributed by atoms with Gasteiger partial charge < -0.3 is 14.2 Å². The van der Waals surface area contributed by atoms with Crippen molar-refractivity contribution in [3.05, 3.63) is 22.8 Å². The lowest BCUT2D eigenvalue weighted by Gasteiger charge is -2.14. The molecule has 0 saturated heterocycles. The summed E-state index contributed by atoms with van der Waals surface area (Å²) in [5.41, 5.74) is -0.316. The van der Waals surface area contributed by atoms with Crippen LogP contribution in [0.5, 0.6) is 0 Å². The third kappa shape index (κ3) is 2.65. The number of fused-ring (bicyclic) bond motifs is 1. The van der Waals surface area contributed by atoms with Crippen LogP contribution in [0, 0.1) is 0 Å². The summed E-state index contributed by atoms with van der Waals surface area (Å²) in [6.07, 6.45) is -4.15. The summed E-state index contributed by atoms with van der Waals surface area (Å²) < 4.78 is 50.6. The number of alkyl halides is 3. The zero-order valence-electron chi connectivity index (χ0n) is 12.0. The maximum atomic E-state index is 13.0. The fraction of sp³-hybridized carbons (Fsp3) is 0.583. The molecule has 1 aliphatic rings. The smallest absolute Gasteiger partial charge is 0.376 e. The average Bonchev–Trinajstić information content (AvgIpc) is 3.04. The number of hydrogen-bond donors (Lipinski definition) is 0. The summed E-state index contributed by atoms with van der Waals surface area (Å²) in [4.78, 5) is 5.74. The molecular weight excluding hydrogens is 303 g/mol. The highest BCUT2D eigenvalue weighted by molar-refractivity contribution is 5.30. The van der Waals surface area contributed by atoms with Gasteiger partial charge in [0.1, 0.15) is 6.54 Å². The van der Waals surface area contributed by atoms with Gasteiger partial charge in [0.15, 0.2) is 5.69 Å². The quantitative estimate of drug-likeness (QED) is 0.854. The number of nitrogens with zero attached hydrogens (tertiary/aromatic N) is 5. The molecule has 7 nitrogen and oxygen atoms in total. The maximum Gasteiger partial charge on any atom is 0.435 e. The number of ether oxygens (including phenoxy) is 1. The van der Waals surface area contributed by atoms with E-state index in [1.165, 1.54) is 4.68 Å². The van der Waals surface area contributed by atoms with Crippen molar-refractivity contribution in [1.29, 1.82) is 0 Å². The Bertz CT molecular complexity index is 677. The molecular formula is C12H14F3N5O2. The Morgan fingerprint density at radius 2 is 2.09 bits per heavy atom. The Hall–Kier alpha value is -2.10. The van der Waals surface area contributed by atoms with Crippen LogP contribution in [0.1, 0.15) is 22.8 Å². The van der Waals surface area contributed by atoms with Crippen LogP contribution >= 0.6 is 0 Å². The molecule has 0 radical (unpaired) electrons. The molecule has 10 heteroatoms. The Kier molecular flexibility index (Phi) is 3.55. The fourth-order valence-corrected chi connectivity index (χ4v) is 2.29. The van der Waals surface area contributed by atoms with Gasteiger partial charge in [0.2, 0.25) is 5.89 Å². The number of rotatable bonds is 3. The Balaban J connectivity index is 1.94. The van der Waals surface area contributed by atoms with Gasteiger partial charge in [0.25, 0.3) is 5.95 Å². The highest BCUT2D eigenvalue weighted by atomic mass is 19.4. The first kappa shape index (κ1) is 14.8. The SMILES string of the molecule is CN(C)c1noc(Cn2nc(C(F)(F)F)c3c2CCOC3)n1. The molecule has 0 amide bonds. The molecule has 0 aliphatic carbocycles. The molecule has 0 spiro atoms. The summed E-state index contributed by atoms with van der Waals surface area (Å²) in [7, 11) is 3.48. The third-order valence-corrected chi connectivity index (χ3v) is 3.31. The van der Waals surface area contributed by atoms with E-state index in [0.29, 0.717) is 24.7 Å². The van der Waals surface area contributed by atoms with Crippen molar-refractivity contribution in [2.75, 3.05) is 25.6 Å². The summed E-state index contributed by atoms with van der Waals surface area (Å²) in [5, 5.41) is 7.41. The van der Waals surface area contributed by atoms with Crippen LogP contribution in [0.4, 0.5) is 19.1 Å². The molecule has 22 heavy (non-hydrogen) atoms. The molecule has 0 saturated carbocycles. The lowest BCUT2D eigenvalue weighted by molar-refractivity contribution is -0.142. The predicted octanol–water partition coefficient (Wildman–Crippen LogP) is 1.47. The molecule has 0 atom stereocenters. The second-order valence-electron chi connectivity index (χ2n) is 5.11. The Morgan fingerprint density at radius 1 is 1.32 bits per heavy atom. The van der Waals surface area contributed by atoms with Gasteiger partial charge in [0, 0.05) is 31.8 Å². The zero-order valence-corrected chi connectivity index (χ0v) is 12.0. The van der Waals surface area contributed by atoms with Crippen LogP contribution in [0.2, 0.25) is 0 Å². The molecule has 0 unspecified atom stereocenters. The number of hydrogen-bond acceptors (Lipinski definition) is 6. The van der Waals surface area contributed by atoms with Gasteiger partial charge in [-0.25, -0.2) is 0 Å². The van der Waals surface area contributed by atoms with Crippen molar-refractivity contribution in [1.82, 2.24) is 19.9 Å². The van der Waals surface area contributed by atoms with Crippen LogP contribution in [-0.2, 0) is 30.5 Å². The Morgan fingerprint density at radius 3 is 2.73 bits per heavy atom. The van der Waals surface area contributed by atoms with Crippen molar-refractivity contribution in [2.24, 2.45) is 0 Å². The lowest BCUT2D eigenvalue weighted by atomic mass is 10.1. The van der Waals surface area contributed by atoms with Gasteiger partial charge in [-0.1, -0.05) is 0 Å². The van der Waals surface area contributed by atoms with E-state index in [1.54, 1.807) is 19.0 Å². The van der Waals surface area contributed by atoms with E-state index in [1.807, 2.05) is 0 Å². The molecule has 0 bridgehead atoms. The highest BCUT2D eigenvalue weighted by Crippen LogP contribution is 2.34. The average molecular weight is 317 g/mol. The van der Waals surface area contributed by atoms with Crippen molar-refractivity contribution in [3.8, 4) is 0 Å². The van der Waals surface area contributed by atoms with Crippen LogP contribution in [0.3, 0.4) is 0 Å². The standard InChI is InChI=1S/C12H14F3N5O2/c1-19(2)11-16-9(22-18-11)5-20-8-3-4-21-6-7(8)10(17-20)12(13,14)15/h3-6H2,1-2H3. The van der Waals surface area contributed by atoms with Gasteiger partial charge >= 0.3 is 6.18 Å². The minimum Gasteiger partial charge on any atom is -0.376 e. The third-order valence-electron chi connectivity index (χ3n) is 3.31. The van der Waals surface area contributed by atoms with E-state index in [9.17, 15) is 13.2 Å². The van der Waals surface area contributed by atoms with Crippen LogP contribution < -0.4 is 4.90 Å². The highest BCUT2D eigenvalue weighted by Gasteiger charge is 2.40. The monoisotopic (exact) mass is 317 g/mol. The largest absolute Gasteiger partial charge is 0.435 e. The van der Waals surface area contributed by atoms with E-state index in [4.69, 9.17) is 9.26 Å². The molecule has 0 fully saturated rings. The number of aromatic nitrogens is 4. The molecule has 120 valence electrons. The summed E-state index contributed by atoms with van der Waals surface area (Å²) in [5.74, 6) is 0.560. The van der Waals surface area contributed by atoms with Crippen molar-refractivity contribution >= 4 is 5.95 Å². The molecule has 2 aromatic rings. The van der Waals surface area contributed by atoms with E-state index in [0.717, 1.165) is 0 Å². The fourth-order valence-electron chi connectivity index (χ4n) is 2.29. The molecule has 3 heterocycles. The van der Waals surface area contributed by atoms with Crippen LogP contribution in [0.15, 0.2) is 4.52 Å². The molecule has 0 N–H and O–H groups in total. The van der Waals surface area contributed by atoms with Gasteiger partial charge in [-0.15, -0.1) is 0 Å². The van der Waals surface area contributed by atoms with Crippen molar-refractivity contribution < 1.29 is 22.4 Å². The second-order valence-corrected chi connectivity index (χ2v) is 5.11. The summed E-state index contributed by atoms with van der Waals surface area (Å²) in [6, 6.07) is 0. The summed E-state index contributed by atoms with van der Waals surface area (Å²) in [6.45, 7) is 0.277. The van der Waals surface area contributed by atoms with E-state index in [2.05, 4.69) is 15.2 Å². The lowest BCUT2D eigenvalue weighted by Crippen LogP contribution is -2.15. The second kappa shape index (κ2) is 5.27. The van der Waals surface area contributed by atoms with Crippen molar-refractivity contribution in [3.63, 3.8) is 0 Å². The molecule has 1 aliphatic heterocycles. The first-order valence-corrected chi connectivity index (χ1v) is 6.59. The van der Waals surface area contributed by atoms with Crippen LogP contribution in [0.25, 0.3) is 0 Å². The van der Waals surface area contributed by atoms with Gasteiger partial charge in [-0.05, 0) is 5.16 Å².